The number of halogens is 2. The van der Waals surface area contributed by atoms with E-state index >= 15 is 0 Å². The molecule has 184 valence electrons. The third-order valence-corrected chi connectivity index (χ3v) is 5.77. The number of carbonyl (C=O) groups excluding carboxylic acids is 2. The van der Waals surface area contributed by atoms with Crippen LogP contribution in [-0.4, -0.2) is 11.8 Å². The van der Waals surface area contributed by atoms with E-state index in [1.54, 1.807) is 0 Å². The first-order chi connectivity index (χ1) is 15.2. The number of carbonyl (C=O) groups is 2. The third-order valence-electron chi connectivity index (χ3n) is 5.77. The Balaban J connectivity index is 0.00000385. The van der Waals surface area contributed by atoms with Crippen molar-refractivity contribution in [2.75, 3.05) is 0 Å². The number of hydrogen-bond acceptors (Lipinski definition) is 3. The number of allylic oxidation sites excluding steroid dienone is 4. The summed E-state index contributed by atoms with van der Waals surface area (Å²) in [6.45, 7) is 11.5. The van der Waals surface area contributed by atoms with E-state index < -0.39 is 0 Å². The van der Waals surface area contributed by atoms with E-state index in [9.17, 15) is 9.59 Å². The summed E-state index contributed by atoms with van der Waals surface area (Å²) in [6, 6.07) is 11.7. The molecular formula is C27H31Cl2N3O2Ti. The van der Waals surface area contributed by atoms with E-state index in [1.165, 1.54) is 0 Å². The molecule has 3 rings (SSSR count). The zero-order valence-electron chi connectivity index (χ0n) is 20.9. The second kappa shape index (κ2) is 14.3. The van der Waals surface area contributed by atoms with Crippen LogP contribution < -0.4 is 40.8 Å². The summed E-state index contributed by atoms with van der Waals surface area (Å²) in [5, 5.41) is 9.40. The van der Waals surface area contributed by atoms with Crippen molar-refractivity contribution in [2.24, 2.45) is 0 Å². The van der Waals surface area contributed by atoms with Crippen LogP contribution in [0.1, 0.15) is 63.2 Å². The van der Waals surface area contributed by atoms with E-state index in [1.807, 2.05) is 90.1 Å². The van der Waals surface area contributed by atoms with Crippen LogP contribution in [0.3, 0.4) is 0 Å². The van der Waals surface area contributed by atoms with Gasteiger partial charge in [0.1, 0.15) is 0 Å². The molecule has 1 aliphatic rings. The summed E-state index contributed by atoms with van der Waals surface area (Å²) in [5.74, 6) is -0.246. The second-order valence-corrected chi connectivity index (χ2v) is 8.32. The molecule has 35 heavy (non-hydrogen) atoms. The largest absolute Gasteiger partial charge is 2.00 e. The molecule has 0 saturated carbocycles. The van der Waals surface area contributed by atoms with E-state index in [0.29, 0.717) is 17.5 Å². The SMILES string of the molecule is CC(NC(=O)c1c(C)cccc1C)=C1C=CCC(=C(C)NC(=O)c2c(C)cccc2C)N1.[Cl-].[Cl-].[Ti+2]. The molecule has 2 amide bonds. The molecular weight excluding hydrogens is 517 g/mol. The molecule has 3 N–H and O–H groups in total. The van der Waals surface area contributed by atoms with Crippen LogP contribution in [-0.2, 0) is 21.7 Å². The van der Waals surface area contributed by atoms with Crippen molar-refractivity contribution >= 4 is 11.8 Å². The van der Waals surface area contributed by atoms with Crippen molar-refractivity contribution < 1.29 is 56.1 Å². The molecule has 0 atom stereocenters. The predicted octanol–water partition coefficient (Wildman–Crippen LogP) is -0.902. The van der Waals surface area contributed by atoms with Crippen LogP contribution in [0, 0.1) is 27.7 Å². The topological polar surface area (TPSA) is 70.2 Å². The summed E-state index contributed by atoms with van der Waals surface area (Å²) in [5.41, 5.74) is 8.34. The Morgan fingerprint density at radius 1 is 0.743 bits per heavy atom. The van der Waals surface area contributed by atoms with Gasteiger partial charge in [-0.1, -0.05) is 42.5 Å². The molecule has 0 saturated heterocycles. The first kappa shape index (κ1) is 32.7. The van der Waals surface area contributed by atoms with Gasteiger partial charge in [0.15, 0.2) is 0 Å². The van der Waals surface area contributed by atoms with E-state index in [0.717, 1.165) is 45.0 Å². The third kappa shape index (κ3) is 7.84. The smallest absolute Gasteiger partial charge is 1.00 e. The zero-order valence-corrected chi connectivity index (χ0v) is 24.0. The molecule has 0 aliphatic carbocycles. The fourth-order valence-corrected chi connectivity index (χ4v) is 3.97. The van der Waals surface area contributed by atoms with Gasteiger partial charge in [-0.2, -0.15) is 0 Å². The fourth-order valence-electron chi connectivity index (χ4n) is 3.97. The van der Waals surface area contributed by atoms with Crippen molar-refractivity contribution in [2.45, 2.75) is 48.0 Å². The molecule has 0 fully saturated rings. The van der Waals surface area contributed by atoms with Crippen LogP contribution >= 0.6 is 0 Å². The maximum absolute atomic E-state index is 12.9. The number of hydrogen-bond donors (Lipinski definition) is 3. The van der Waals surface area contributed by atoms with E-state index in [-0.39, 0.29) is 58.3 Å². The second-order valence-electron chi connectivity index (χ2n) is 8.32. The molecule has 1 aliphatic heterocycles. The molecule has 0 bridgehead atoms. The normalized spacial score (nSPS) is 14.8. The first-order valence-corrected chi connectivity index (χ1v) is 10.8. The quantitative estimate of drug-likeness (QED) is 0.434. The number of rotatable bonds is 4. The van der Waals surface area contributed by atoms with Gasteiger partial charge in [0, 0.05) is 34.6 Å². The standard InChI is InChI=1S/C27H31N3O2.2ClH.Ti/c1-16-10-7-11-17(2)24(16)26(31)28-20(5)22-14-9-15-23(30-22)21(6)29-27(32)25-18(3)12-8-13-19(25)4;;;/h7-14,30H,15H2,1-6H3,(H,28,31)(H,29,32);2*1H;/q;;;+2/p-2. The average Bonchev–Trinajstić information content (AvgIpc) is 2.73. The molecule has 2 aromatic rings. The molecule has 2 aromatic carbocycles. The summed E-state index contributed by atoms with van der Waals surface area (Å²) < 4.78 is 0. The Kier molecular flexibility index (Phi) is 13.4. The van der Waals surface area contributed by atoms with Gasteiger partial charge in [0.05, 0.1) is 5.70 Å². The minimum atomic E-state index is -0.128. The molecule has 5 nitrogen and oxygen atoms in total. The van der Waals surface area contributed by atoms with Gasteiger partial charge in [-0.05, 0) is 69.9 Å². The Morgan fingerprint density at radius 2 is 1.14 bits per heavy atom. The van der Waals surface area contributed by atoms with Crippen LogP contribution in [0.15, 0.2) is 71.3 Å². The van der Waals surface area contributed by atoms with Crippen molar-refractivity contribution in [3.05, 3.63) is 105 Å². The maximum Gasteiger partial charge on any atom is 2.00 e. The predicted molar refractivity (Wildman–Crippen MR) is 129 cm³/mol. The van der Waals surface area contributed by atoms with Gasteiger partial charge in [0.2, 0.25) is 0 Å². The Hall–Kier alpha value is -2.31. The molecule has 0 unspecified atom stereocenters. The summed E-state index contributed by atoms with van der Waals surface area (Å²) >= 11 is 0. The van der Waals surface area contributed by atoms with Gasteiger partial charge in [0.25, 0.3) is 11.8 Å². The molecule has 0 radical (unpaired) electrons. The zero-order chi connectivity index (χ0) is 23.4. The average molecular weight is 548 g/mol. The Bertz CT molecular complexity index is 1150. The number of benzene rings is 2. The fraction of sp³-hybridized carbons (Fsp3) is 0.259. The number of nitrogens with one attached hydrogen (secondary N) is 3. The van der Waals surface area contributed by atoms with Crippen LogP contribution in [0.5, 0.6) is 0 Å². The van der Waals surface area contributed by atoms with Crippen molar-refractivity contribution in [3.8, 4) is 0 Å². The first-order valence-electron chi connectivity index (χ1n) is 10.8. The van der Waals surface area contributed by atoms with Gasteiger partial charge >= 0.3 is 21.7 Å². The Morgan fingerprint density at radius 3 is 1.57 bits per heavy atom. The summed E-state index contributed by atoms with van der Waals surface area (Å²) in [7, 11) is 0. The van der Waals surface area contributed by atoms with Crippen LogP contribution in [0.25, 0.3) is 0 Å². The van der Waals surface area contributed by atoms with E-state index in [4.69, 9.17) is 0 Å². The van der Waals surface area contributed by atoms with Gasteiger partial charge < -0.3 is 40.8 Å². The minimum absolute atomic E-state index is 0. The number of aryl methyl sites for hydroxylation is 4. The van der Waals surface area contributed by atoms with Crippen LogP contribution in [0.4, 0.5) is 0 Å². The van der Waals surface area contributed by atoms with Crippen molar-refractivity contribution in [3.63, 3.8) is 0 Å². The van der Waals surface area contributed by atoms with Crippen LogP contribution in [0.2, 0.25) is 0 Å². The van der Waals surface area contributed by atoms with Crippen molar-refractivity contribution in [1.29, 1.82) is 0 Å². The molecule has 0 aromatic heterocycles. The summed E-state index contributed by atoms with van der Waals surface area (Å²) in [4.78, 5) is 25.7. The molecule has 8 heteroatoms. The summed E-state index contributed by atoms with van der Waals surface area (Å²) in [6.07, 6.45) is 4.63. The number of amides is 2. The van der Waals surface area contributed by atoms with Gasteiger partial charge in [-0.15, -0.1) is 0 Å². The maximum atomic E-state index is 12.9. The van der Waals surface area contributed by atoms with Gasteiger partial charge in [-0.3, -0.25) is 9.59 Å². The molecule has 0 spiro atoms. The van der Waals surface area contributed by atoms with Gasteiger partial charge in [-0.25, -0.2) is 0 Å². The van der Waals surface area contributed by atoms with E-state index in [2.05, 4.69) is 16.0 Å². The monoisotopic (exact) mass is 547 g/mol. The Labute approximate surface area is 235 Å². The van der Waals surface area contributed by atoms with Crippen molar-refractivity contribution in [1.82, 2.24) is 16.0 Å². The minimum Gasteiger partial charge on any atom is -1.00 e. The molecule has 1 heterocycles.